The van der Waals surface area contributed by atoms with Gasteiger partial charge in [-0.2, -0.15) is 4.98 Å². The quantitative estimate of drug-likeness (QED) is 0.434. The molecule has 0 unspecified atom stereocenters. The fraction of sp³-hybridized carbons (Fsp3) is 0.269. The van der Waals surface area contributed by atoms with Gasteiger partial charge in [-0.25, -0.2) is 19.3 Å². The van der Waals surface area contributed by atoms with Crippen molar-refractivity contribution in [2.75, 3.05) is 11.9 Å². The predicted octanol–water partition coefficient (Wildman–Crippen LogP) is 3.49. The summed E-state index contributed by atoms with van der Waals surface area (Å²) in [6, 6.07) is 11.4. The second-order valence-corrected chi connectivity index (χ2v) is 9.55. The zero-order chi connectivity index (χ0) is 24.7. The molecule has 0 saturated carbocycles. The fourth-order valence-corrected chi connectivity index (χ4v) is 4.19. The first-order valence-corrected chi connectivity index (χ1v) is 11.5. The van der Waals surface area contributed by atoms with Gasteiger partial charge in [-0.1, -0.05) is 39.0 Å². The molecule has 1 amide bonds. The minimum absolute atomic E-state index is 0.0913. The fourth-order valence-electron chi connectivity index (χ4n) is 4.19. The number of benzene rings is 1. The van der Waals surface area contributed by atoms with E-state index in [0.717, 1.165) is 17.7 Å². The number of fused-ring (bicyclic) bond motifs is 2. The highest BCUT2D eigenvalue weighted by Crippen LogP contribution is 2.24. The number of anilines is 2. The molecule has 5 rings (SSSR count). The van der Waals surface area contributed by atoms with Gasteiger partial charge in [-0.05, 0) is 36.2 Å². The molecular formula is C26H27N7O2. The van der Waals surface area contributed by atoms with Crippen molar-refractivity contribution in [3.8, 4) is 5.82 Å². The van der Waals surface area contributed by atoms with Crippen molar-refractivity contribution in [1.82, 2.24) is 29.6 Å². The molecule has 2 N–H and O–H groups in total. The molecule has 0 aliphatic carbocycles. The minimum atomic E-state index is -0.222. The van der Waals surface area contributed by atoms with Crippen molar-refractivity contribution in [3.05, 3.63) is 82.4 Å². The Balaban J connectivity index is 1.62. The summed E-state index contributed by atoms with van der Waals surface area (Å²) in [6.07, 6.45) is 3.98. The van der Waals surface area contributed by atoms with E-state index in [4.69, 9.17) is 4.98 Å². The predicted molar refractivity (Wildman–Crippen MR) is 136 cm³/mol. The molecule has 0 spiro atoms. The van der Waals surface area contributed by atoms with Gasteiger partial charge in [-0.3, -0.25) is 9.59 Å². The number of hydrogen-bond donors (Lipinski definition) is 2. The first-order valence-electron chi connectivity index (χ1n) is 11.5. The van der Waals surface area contributed by atoms with Crippen molar-refractivity contribution >= 4 is 28.6 Å². The second kappa shape index (κ2) is 8.50. The van der Waals surface area contributed by atoms with Crippen LogP contribution in [0.1, 0.15) is 42.4 Å². The van der Waals surface area contributed by atoms with E-state index in [2.05, 4.69) is 48.0 Å². The molecule has 1 aromatic carbocycles. The van der Waals surface area contributed by atoms with E-state index in [1.165, 1.54) is 6.20 Å². The number of amides is 1. The summed E-state index contributed by atoms with van der Waals surface area (Å²) >= 11 is 0. The first-order chi connectivity index (χ1) is 16.8. The molecule has 1 aliphatic heterocycles. The Morgan fingerprint density at radius 3 is 2.77 bits per heavy atom. The summed E-state index contributed by atoms with van der Waals surface area (Å²) in [7, 11) is 0. The third-order valence-electron chi connectivity index (χ3n) is 5.99. The second-order valence-electron chi connectivity index (χ2n) is 9.55. The number of allylic oxidation sites excluding steroid dienone is 1. The molecular weight excluding hydrogens is 442 g/mol. The maximum absolute atomic E-state index is 13.2. The van der Waals surface area contributed by atoms with Crippen LogP contribution in [0.5, 0.6) is 0 Å². The normalized spacial score (nSPS) is 13.4. The van der Waals surface area contributed by atoms with Gasteiger partial charge in [0.15, 0.2) is 11.5 Å². The Labute approximate surface area is 202 Å². The minimum Gasteiger partial charge on any atom is -0.352 e. The lowest BCUT2D eigenvalue weighted by Crippen LogP contribution is -2.31. The molecule has 35 heavy (non-hydrogen) atoms. The number of pyridine rings is 1. The van der Waals surface area contributed by atoms with Crippen LogP contribution in [0.3, 0.4) is 0 Å². The molecule has 0 bridgehead atoms. The zero-order valence-electron chi connectivity index (χ0n) is 20.0. The summed E-state index contributed by atoms with van der Waals surface area (Å²) in [5.41, 5.74) is 3.28. The Hall–Kier alpha value is -4.27. The monoisotopic (exact) mass is 469 g/mol. The van der Waals surface area contributed by atoms with Crippen molar-refractivity contribution in [3.63, 3.8) is 0 Å². The molecule has 1 aliphatic rings. The zero-order valence-corrected chi connectivity index (χ0v) is 20.0. The molecule has 4 aromatic rings. The Kier molecular flexibility index (Phi) is 5.47. The SMILES string of the molecule is C=CCn1c(=O)c2cnc(Nc3ccc4c(c3)C(=O)NCC4)nc2n1-c1cccc(C(C)(C)C)n1. The number of carbonyl (C=O) groups excluding carboxylic acids is 1. The Morgan fingerprint density at radius 2 is 2.00 bits per heavy atom. The molecule has 3 aromatic heterocycles. The van der Waals surface area contributed by atoms with E-state index in [9.17, 15) is 9.59 Å². The molecule has 4 heterocycles. The van der Waals surface area contributed by atoms with Gasteiger partial charge in [0.2, 0.25) is 5.95 Å². The topological polar surface area (TPSA) is 107 Å². The molecule has 0 radical (unpaired) electrons. The lowest BCUT2D eigenvalue weighted by molar-refractivity contribution is 0.0946. The van der Waals surface area contributed by atoms with Crippen LogP contribution in [-0.2, 0) is 18.4 Å². The van der Waals surface area contributed by atoms with E-state index in [0.29, 0.717) is 47.1 Å². The molecule has 0 atom stereocenters. The van der Waals surface area contributed by atoms with Gasteiger partial charge in [0.1, 0.15) is 5.39 Å². The van der Waals surface area contributed by atoms with Gasteiger partial charge >= 0.3 is 0 Å². The summed E-state index contributed by atoms with van der Waals surface area (Å²) in [5, 5.41) is 6.42. The molecule has 9 heteroatoms. The highest BCUT2D eigenvalue weighted by atomic mass is 16.2. The van der Waals surface area contributed by atoms with Crippen molar-refractivity contribution < 1.29 is 4.79 Å². The van der Waals surface area contributed by atoms with E-state index in [1.54, 1.807) is 21.5 Å². The van der Waals surface area contributed by atoms with Crippen molar-refractivity contribution in [2.45, 2.75) is 39.2 Å². The number of nitrogens with zero attached hydrogens (tertiary/aromatic N) is 5. The third kappa shape index (κ3) is 4.09. The summed E-state index contributed by atoms with van der Waals surface area (Å²) in [4.78, 5) is 39.3. The number of rotatable bonds is 5. The average molecular weight is 470 g/mol. The van der Waals surface area contributed by atoms with Crippen LogP contribution in [-0.4, -0.2) is 36.8 Å². The number of hydrogen-bond acceptors (Lipinski definition) is 6. The van der Waals surface area contributed by atoms with Crippen molar-refractivity contribution in [2.24, 2.45) is 0 Å². The molecule has 0 saturated heterocycles. The standard InChI is InChI=1S/C26H27N7O2/c1-5-13-32-24(35)19-15-28-25(29-17-10-9-16-11-12-27-23(34)18(16)14-17)31-22(19)33(32)21-8-6-7-20(30-21)26(2,3)4/h5-10,14-15H,1,11-13H2,2-4H3,(H,27,34)(H,28,29,31). The van der Waals surface area contributed by atoms with E-state index in [-0.39, 0.29) is 16.9 Å². The smallest absolute Gasteiger partial charge is 0.278 e. The van der Waals surface area contributed by atoms with Gasteiger partial charge in [0.05, 0.1) is 6.54 Å². The Bertz CT molecular complexity index is 1530. The highest BCUT2D eigenvalue weighted by Gasteiger charge is 2.21. The summed E-state index contributed by atoms with van der Waals surface area (Å²) in [6.45, 7) is 11.0. The van der Waals surface area contributed by atoms with Crippen LogP contribution in [0, 0.1) is 0 Å². The lowest BCUT2D eigenvalue weighted by atomic mass is 9.92. The summed E-state index contributed by atoms with van der Waals surface area (Å²) < 4.78 is 3.26. The van der Waals surface area contributed by atoms with E-state index < -0.39 is 0 Å². The largest absolute Gasteiger partial charge is 0.352 e. The maximum Gasteiger partial charge on any atom is 0.278 e. The lowest BCUT2D eigenvalue weighted by Gasteiger charge is -2.19. The van der Waals surface area contributed by atoms with Gasteiger partial charge < -0.3 is 10.6 Å². The van der Waals surface area contributed by atoms with Crippen molar-refractivity contribution in [1.29, 1.82) is 0 Å². The number of carbonyl (C=O) groups is 1. The summed E-state index contributed by atoms with van der Waals surface area (Å²) in [5.74, 6) is 0.804. The number of nitrogens with one attached hydrogen (secondary N) is 2. The van der Waals surface area contributed by atoms with E-state index >= 15 is 0 Å². The van der Waals surface area contributed by atoms with Crippen LogP contribution in [0.15, 0.2) is 60.0 Å². The average Bonchev–Trinajstić information content (AvgIpc) is 3.10. The van der Waals surface area contributed by atoms with Crippen LogP contribution >= 0.6 is 0 Å². The number of aromatic nitrogens is 5. The van der Waals surface area contributed by atoms with Gasteiger partial charge in [-0.15, -0.1) is 6.58 Å². The van der Waals surface area contributed by atoms with Gasteiger partial charge in [0, 0.05) is 35.1 Å². The van der Waals surface area contributed by atoms with Crippen LogP contribution in [0.2, 0.25) is 0 Å². The third-order valence-corrected chi connectivity index (χ3v) is 5.99. The maximum atomic E-state index is 13.2. The van der Waals surface area contributed by atoms with Gasteiger partial charge in [0.25, 0.3) is 11.5 Å². The molecule has 0 fully saturated rings. The Morgan fingerprint density at radius 1 is 1.17 bits per heavy atom. The highest BCUT2D eigenvalue weighted by molar-refractivity contribution is 5.97. The van der Waals surface area contributed by atoms with E-state index in [1.807, 2.05) is 30.3 Å². The van der Waals surface area contributed by atoms with Crippen LogP contribution < -0.4 is 16.2 Å². The van der Waals surface area contributed by atoms with Crippen LogP contribution in [0.25, 0.3) is 16.9 Å². The van der Waals surface area contributed by atoms with Crippen LogP contribution in [0.4, 0.5) is 11.6 Å². The molecule has 178 valence electrons. The molecule has 9 nitrogen and oxygen atoms in total. The first kappa shape index (κ1) is 22.5.